The predicted molar refractivity (Wildman–Crippen MR) is 224 cm³/mol. The standard InChI is InChI=1S/C25H17N4O.C22H30GeN.Ir/c1-15-11-21-22(14-27-15)29(17-7-4-3-5-8-17)25(28-21)19-10-6-9-18-20-13-26-16(2)12-23(20)30-24(18)19;1-16(2)12-20-14-22(24-15-21(20)23(3,4)5)19-11-10-17-8-6-7-9-18(17)13-19;/h3-9,11-14H,1-2H3;10,13-16H,6-9,12H2,1-5H3;/q2*-1;. The molecule has 0 amide bonds. The molecule has 6 nitrogen and oxygen atoms in total. The topological polar surface area (TPSA) is 69.6 Å². The largest absolute Gasteiger partial charge is 0.500 e. The van der Waals surface area contributed by atoms with Gasteiger partial charge in [-0.3, -0.25) is 15.0 Å². The van der Waals surface area contributed by atoms with Crippen molar-refractivity contribution in [2.24, 2.45) is 5.92 Å². The van der Waals surface area contributed by atoms with E-state index in [0.29, 0.717) is 5.92 Å². The average molecular weight is 963 g/mol. The minimum Gasteiger partial charge on any atom is -0.500 e. The first-order valence-electron chi connectivity index (χ1n) is 19.2. The van der Waals surface area contributed by atoms with Crippen LogP contribution in [0.15, 0.2) is 95.8 Å². The molecule has 0 unspecified atom stereocenters. The second-order valence-corrected chi connectivity index (χ2v) is 26.7. The van der Waals surface area contributed by atoms with Crippen LogP contribution in [0.3, 0.4) is 0 Å². The minimum absolute atomic E-state index is 0. The summed E-state index contributed by atoms with van der Waals surface area (Å²) in [6, 6.07) is 31.9. The number of hydrogen-bond donors (Lipinski definition) is 0. The molecule has 1 radical (unpaired) electrons. The van der Waals surface area contributed by atoms with E-state index < -0.39 is 13.3 Å². The van der Waals surface area contributed by atoms with Gasteiger partial charge in [-0.1, -0.05) is 29.1 Å². The summed E-state index contributed by atoms with van der Waals surface area (Å²) in [7, 11) is 0. The van der Waals surface area contributed by atoms with Crippen LogP contribution in [0.25, 0.3) is 61.3 Å². The maximum atomic E-state index is 6.29. The van der Waals surface area contributed by atoms with E-state index in [1.54, 1.807) is 4.40 Å². The molecule has 0 aliphatic heterocycles. The molecule has 55 heavy (non-hydrogen) atoms. The second kappa shape index (κ2) is 16.0. The molecule has 0 saturated carbocycles. The fourth-order valence-corrected chi connectivity index (χ4v) is 11.1. The number of hydrogen-bond acceptors (Lipinski definition) is 5. The Labute approximate surface area is 340 Å². The molecule has 0 bridgehead atoms. The SMILES string of the molecule is CC(C)Cc1cc(-c2[c-]cc3c(c2)CCCC3)nc[c]1[Ge]([CH3])([CH3])[CH3].Cc1cc2nc(-c3[c-]ccc4c3oc3cc(C)ncc34)n(-c3ccccc3)c2cn1.[Ir]. The number of nitrogens with zero attached hydrogens (tertiary/aromatic N) is 5. The minimum atomic E-state index is -1.89. The smallest absolute Gasteiger partial charge is 0.124 e. The first kappa shape index (κ1) is 38.8. The molecule has 3 aromatic carbocycles. The van der Waals surface area contributed by atoms with Gasteiger partial charge in [0.25, 0.3) is 0 Å². The van der Waals surface area contributed by atoms with Crippen molar-refractivity contribution >= 4 is 50.6 Å². The summed E-state index contributed by atoms with van der Waals surface area (Å²) in [5.41, 5.74) is 13.9. The number of fused-ring (bicyclic) bond motifs is 5. The van der Waals surface area contributed by atoms with E-state index in [1.165, 1.54) is 47.9 Å². The number of furan rings is 1. The molecule has 8 aromatic rings. The van der Waals surface area contributed by atoms with Crippen LogP contribution < -0.4 is 4.40 Å². The van der Waals surface area contributed by atoms with Gasteiger partial charge in [-0.15, -0.1) is 18.2 Å². The third-order valence-electron chi connectivity index (χ3n) is 10.3. The average Bonchev–Trinajstić information content (AvgIpc) is 3.72. The molecule has 0 fully saturated rings. The molecule has 5 aromatic heterocycles. The monoisotopic (exact) mass is 964 g/mol. The zero-order valence-electron chi connectivity index (χ0n) is 32.8. The van der Waals surface area contributed by atoms with Gasteiger partial charge in [0.1, 0.15) is 5.58 Å². The van der Waals surface area contributed by atoms with Gasteiger partial charge in [-0.2, -0.15) is 0 Å². The van der Waals surface area contributed by atoms with E-state index in [4.69, 9.17) is 14.4 Å². The number of rotatable bonds is 6. The molecule has 9 rings (SSSR count). The number of para-hydroxylation sites is 1. The summed E-state index contributed by atoms with van der Waals surface area (Å²) < 4.78 is 9.96. The molecule has 281 valence electrons. The molecule has 8 heteroatoms. The molecule has 1 aliphatic rings. The van der Waals surface area contributed by atoms with Crippen molar-refractivity contribution in [2.75, 3.05) is 0 Å². The van der Waals surface area contributed by atoms with Gasteiger partial charge < -0.3 is 8.98 Å². The Hall–Kier alpha value is -4.43. The van der Waals surface area contributed by atoms with Gasteiger partial charge in [0, 0.05) is 54.8 Å². The number of imidazole rings is 1. The maximum absolute atomic E-state index is 6.29. The van der Waals surface area contributed by atoms with Crippen molar-refractivity contribution in [3.8, 4) is 28.3 Å². The van der Waals surface area contributed by atoms with Crippen LogP contribution in [-0.2, 0) is 39.4 Å². The van der Waals surface area contributed by atoms with Crippen LogP contribution in [0, 0.1) is 31.9 Å². The van der Waals surface area contributed by atoms with Crippen LogP contribution in [0.2, 0.25) is 17.3 Å². The third-order valence-corrected chi connectivity index (χ3v) is 14.7. The van der Waals surface area contributed by atoms with E-state index in [-0.39, 0.29) is 20.1 Å². The Bertz CT molecular complexity index is 2640. The molecule has 0 saturated heterocycles. The van der Waals surface area contributed by atoms with Crippen molar-refractivity contribution in [2.45, 2.75) is 77.1 Å². The summed E-state index contributed by atoms with van der Waals surface area (Å²) in [6.07, 6.45) is 12.1. The summed E-state index contributed by atoms with van der Waals surface area (Å²) >= 11 is -1.89. The Balaban J connectivity index is 0.000000171. The Morgan fingerprint density at radius 2 is 1.56 bits per heavy atom. The van der Waals surface area contributed by atoms with Crippen LogP contribution in [0.4, 0.5) is 0 Å². The van der Waals surface area contributed by atoms with Gasteiger partial charge in [0.2, 0.25) is 0 Å². The first-order chi connectivity index (χ1) is 26.0. The Morgan fingerprint density at radius 1 is 0.818 bits per heavy atom. The van der Waals surface area contributed by atoms with Gasteiger partial charge in [0.05, 0.1) is 28.6 Å². The van der Waals surface area contributed by atoms with Crippen LogP contribution >= 0.6 is 0 Å². The van der Waals surface area contributed by atoms with Crippen LogP contribution in [0.1, 0.15) is 54.8 Å². The zero-order valence-corrected chi connectivity index (χ0v) is 37.2. The van der Waals surface area contributed by atoms with E-state index >= 15 is 0 Å². The van der Waals surface area contributed by atoms with Crippen molar-refractivity contribution in [3.63, 3.8) is 0 Å². The Morgan fingerprint density at radius 3 is 2.33 bits per heavy atom. The van der Waals surface area contributed by atoms with Gasteiger partial charge in [-0.25, -0.2) is 0 Å². The van der Waals surface area contributed by atoms with Crippen molar-refractivity contribution in [1.29, 1.82) is 0 Å². The van der Waals surface area contributed by atoms with Gasteiger partial charge in [0.15, 0.2) is 0 Å². The fourth-order valence-electron chi connectivity index (χ4n) is 7.72. The number of benzene rings is 3. The quantitative estimate of drug-likeness (QED) is 0.123. The summed E-state index contributed by atoms with van der Waals surface area (Å²) in [5, 5.41) is 2.00. The van der Waals surface area contributed by atoms with Crippen LogP contribution in [0.5, 0.6) is 0 Å². The molecular formula is C47H47GeIrN5O-2. The van der Waals surface area contributed by atoms with Crippen molar-refractivity contribution in [1.82, 2.24) is 24.5 Å². The normalized spacial score (nSPS) is 12.8. The van der Waals surface area contributed by atoms with E-state index in [9.17, 15) is 0 Å². The summed E-state index contributed by atoms with van der Waals surface area (Å²) in [5.74, 6) is 8.84. The summed E-state index contributed by atoms with van der Waals surface area (Å²) in [6.45, 7) is 8.56. The predicted octanol–water partition coefficient (Wildman–Crippen LogP) is 11.0. The second-order valence-electron chi connectivity index (χ2n) is 16.1. The molecule has 0 spiro atoms. The number of aromatic nitrogens is 5. The fraction of sp³-hybridized carbons (Fsp3) is 0.277. The molecule has 1 aliphatic carbocycles. The number of aryl methyl sites for hydroxylation is 4. The molecule has 0 atom stereocenters. The third kappa shape index (κ3) is 7.98. The molecular weight excluding hydrogens is 915 g/mol. The molecule has 5 heterocycles. The number of pyridine rings is 3. The Kier molecular flexibility index (Phi) is 11.3. The van der Waals surface area contributed by atoms with E-state index in [2.05, 4.69) is 94.3 Å². The summed E-state index contributed by atoms with van der Waals surface area (Å²) in [4.78, 5) is 18.8. The van der Waals surface area contributed by atoms with Crippen molar-refractivity contribution in [3.05, 3.63) is 132 Å². The van der Waals surface area contributed by atoms with Gasteiger partial charge in [-0.05, 0) is 32.0 Å². The van der Waals surface area contributed by atoms with E-state index in [0.717, 1.165) is 73.5 Å². The van der Waals surface area contributed by atoms with Crippen molar-refractivity contribution < 1.29 is 24.5 Å². The van der Waals surface area contributed by atoms with Gasteiger partial charge >= 0.3 is 150 Å². The first-order valence-corrected chi connectivity index (χ1v) is 26.5. The maximum Gasteiger partial charge on any atom is 0.124 e. The molecule has 0 N–H and O–H groups in total. The zero-order chi connectivity index (χ0) is 37.6. The van der Waals surface area contributed by atoms with Crippen LogP contribution in [-0.4, -0.2) is 37.8 Å². The van der Waals surface area contributed by atoms with E-state index in [1.807, 2.05) is 68.7 Å².